The monoisotopic (exact) mass is 696 g/mol. The molecular formula is C34H36N2O14. The third-order valence-corrected chi connectivity index (χ3v) is 8.24. The Labute approximate surface area is 286 Å². The summed E-state index contributed by atoms with van der Waals surface area (Å²) in [5.41, 5.74) is 4.02. The quantitative estimate of drug-likeness (QED) is 0.278. The maximum Gasteiger partial charge on any atom is 0.413 e. The largest absolute Gasteiger partial charge is 0.463 e. The Kier molecular flexibility index (Phi) is 11.0. The van der Waals surface area contributed by atoms with E-state index in [1.54, 1.807) is 0 Å². The van der Waals surface area contributed by atoms with Gasteiger partial charge in [-0.2, -0.15) is 0 Å². The van der Waals surface area contributed by atoms with Gasteiger partial charge in [0.25, 0.3) is 0 Å². The highest BCUT2D eigenvalue weighted by atomic mass is 16.7. The van der Waals surface area contributed by atoms with Crippen molar-refractivity contribution in [1.29, 1.82) is 0 Å². The van der Waals surface area contributed by atoms with Gasteiger partial charge in [-0.05, 0) is 22.3 Å². The first-order valence-corrected chi connectivity index (χ1v) is 15.7. The summed E-state index contributed by atoms with van der Waals surface area (Å²) < 4.78 is 37.7. The van der Waals surface area contributed by atoms with Crippen molar-refractivity contribution < 1.29 is 66.7 Å². The molecule has 1 aliphatic carbocycles. The molecule has 0 bridgehead atoms. The number of hydrogen-bond acceptors (Lipinski definition) is 14. The van der Waals surface area contributed by atoms with E-state index in [0.29, 0.717) is 0 Å². The lowest BCUT2D eigenvalue weighted by Crippen LogP contribution is -2.66. The second kappa shape index (κ2) is 15.4. The van der Waals surface area contributed by atoms with Gasteiger partial charge in [0.15, 0.2) is 31.3 Å². The maximum atomic E-state index is 13.4. The SMILES string of the molecule is CC(=O)OC[C@H]1O[C@@H](NC(=O)C[C@H]2C(=O)OCN2C(=O)OCC2c3ccccc3-c3ccccc32)[C@H](OC(C)=O)[C@@H](OC(C)=O)[C@@H]1OC(C)=O. The van der Waals surface area contributed by atoms with Crippen LogP contribution in [-0.2, 0) is 61.9 Å². The molecule has 1 N–H and O–H groups in total. The molecule has 0 spiro atoms. The predicted molar refractivity (Wildman–Crippen MR) is 166 cm³/mol. The molecular weight excluding hydrogens is 660 g/mol. The summed E-state index contributed by atoms with van der Waals surface area (Å²) in [7, 11) is 0. The molecule has 2 aromatic carbocycles. The predicted octanol–water partition coefficient (Wildman–Crippen LogP) is 1.71. The number of ether oxygens (including phenoxy) is 7. The second-order valence-corrected chi connectivity index (χ2v) is 11.8. The molecule has 2 fully saturated rings. The van der Waals surface area contributed by atoms with Crippen LogP contribution in [0.2, 0.25) is 0 Å². The molecule has 2 amide bonds. The average Bonchev–Trinajstić information content (AvgIpc) is 3.58. The van der Waals surface area contributed by atoms with Crippen LogP contribution < -0.4 is 5.32 Å². The number of carbonyl (C=O) groups is 7. The molecule has 16 heteroatoms. The maximum absolute atomic E-state index is 13.4. The standard InChI is InChI=1S/C34H36N2O14/c1-17(37)44-15-27-29(47-18(2)38)30(48-19(3)39)31(49-20(4)40)32(50-27)35-28(41)13-26-33(42)46-16-36(26)34(43)45-14-25-23-11-7-5-9-21(23)22-10-6-8-12-24(22)25/h5-12,25-27,29-32H,13-16H2,1-4H3,(H,35,41)/t26-,27+,29+,30-,31+,32+/m0/s1. The number of carbonyl (C=O) groups excluding carboxylic acids is 7. The van der Waals surface area contributed by atoms with Crippen LogP contribution in [0, 0.1) is 0 Å². The Balaban J connectivity index is 1.30. The Morgan fingerprint density at radius 3 is 1.88 bits per heavy atom. The fraction of sp³-hybridized carbons (Fsp3) is 0.441. The Morgan fingerprint density at radius 1 is 0.740 bits per heavy atom. The van der Waals surface area contributed by atoms with Crippen LogP contribution in [0.4, 0.5) is 4.79 Å². The minimum absolute atomic E-state index is 0.0405. The van der Waals surface area contributed by atoms with E-state index >= 15 is 0 Å². The molecule has 2 saturated heterocycles. The van der Waals surface area contributed by atoms with E-state index in [1.807, 2.05) is 48.5 Å². The number of nitrogens with zero attached hydrogens (tertiary/aromatic N) is 1. The van der Waals surface area contributed by atoms with Gasteiger partial charge in [0, 0.05) is 33.6 Å². The number of benzene rings is 2. The fourth-order valence-electron chi connectivity index (χ4n) is 6.23. The number of esters is 5. The van der Waals surface area contributed by atoms with Crippen molar-refractivity contribution in [3.05, 3.63) is 59.7 Å². The summed E-state index contributed by atoms with van der Waals surface area (Å²) in [6.45, 7) is 3.30. The molecule has 50 heavy (non-hydrogen) atoms. The third-order valence-electron chi connectivity index (χ3n) is 8.24. The number of fused-ring (bicyclic) bond motifs is 3. The minimum Gasteiger partial charge on any atom is -0.463 e. The van der Waals surface area contributed by atoms with E-state index in [4.69, 9.17) is 33.2 Å². The molecule has 6 atom stereocenters. The first-order valence-electron chi connectivity index (χ1n) is 15.7. The van der Waals surface area contributed by atoms with Crippen LogP contribution in [0.3, 0.4) is 0 Å². The summed E-state index contributed by atoms with van der Waals surface area (Å²) in [5.74, 6) is -5.24. The molecule has 2 aromatic rings. The normalized spacial score (nSPS) is 23.8. The van der Waals surface area contributed by atoms with Crippen LogP contribution in [0.15, 0.2) is 48.5 Å². The van der Waals surface area contributed by atoms with Crippen molar-refractivity contribution in [2.24, 2.45) is 0 Å². The van der Waals surface area contributed by atoms with Crippen molar-refractivity contribution in [1.82, 2.24) is 10.2 Å². The molecule has 3 aliphatic rings. The van der Waals surface area contributed by atoms with Crippen LogP contribution in [-0.4, -0.2) is 103 Å². The molecule has 0 saturated carbocycles. The van der Waals surface area contributed by atoms with Crippen molar-refractivity contribution in [3.8, 4) is 11.1 Å². The van der Waals surface area contributed by atoms with Gasteiger partial charge in [-0.15, -0.1) is 0 Å². The molecule has 2 aliphatic heterocycles. The van der Waals surface area contributed by atoms with Crippen LogP contribution in [0.5, 0.6) is 0 Å². The van der Waals surface area contributed by atoms with Crippen LogP contribution in [0.25, 0.3) is 11.1 Å². The smallest absolute Gasteiger partial charge is 0.413 e. The van der Waals surface area contributed by atoms with Crippen LogP contribution >= 0.6 is 0 Å². The molecule has 0 aromatic heterocycles. The zero-order valence-corrected chi connectivity index (χ0v) is 27.7. The van der Waals surface area contributed by atoms with E-state index in [9.17, 15) is 33.6 Å². The van der Waals surface area contributed by atoms with Gasteiger partial charge in [-0.25, -0.2) is 9.59 Å². The third kappa shape index (κ3) is 8.02. The van der Waals surface area contributed by atoms with E-state index in [-0.39, 0.29) is 12.5 Å². The summed E-state index contributed by atoms with van der Waals surface area (Å²) in [5, 5.41) is 2.48. The van der Waals surface area contributed by atoms with Gasteiger partial charge in [-0.1, -0.05) is 48.5 Å². The van der Waals surface area contributed by atoms with E-state index in [0.717, 1.165) is 54.8 Å². The number of nitrogens with one attached hydrogen (secondary N) is 1. The highest BCUT2D eigenvalue weighted by Gasteiger charge is 2.53. The Morgan fingerprint density at radius 2 is 1.30 bits per heavy atom. The van der Waals surface area contributed by atoms with E-state index in [2.05, 4.69) is 5.32 Å². The van der Waals surface area contributed by atoms with Gasteiger partial charge in [0.2, 0.25) is 5.91 Å². The van der Waals surface area contributed by atoms with Gasteiger partial charge in [-0.3, -0.25) is 28.9 Å². The van der Waals surface area contributed by atoms with Crippen molar-refractivity contribution in [3.63, 3.8) is 0 Å². The molecule has 266 valence electrons. The number of cyclic esters (lactones) is 1. The first kappa shape index (κ1) is 35.8. The summed E-state index contributed by atoms with van der Waals surface area (Å²) in [4.78, 5) is 88.2. The van der Waals surface area contributed by atoms with Crippen molar-refractivity contribution >= 4 is 41.8 Å². The van der Waals surface area contributed by atoms with Crippen molar-refractivity contribution in [2.45, 2.75) is 76.7 Å². The lowest BCUT2D eigenvalue weighted by molar-refractivity contribution is -0.257. The number of rotatable bonds is 10. The van der Waals surface area contributed by atoms with E-state index < -0.39 is 98.3 Å². The Hall–Kier alpha value is -5.51. The molecule has 0 radical (unpaired) electrons. The molecule has 0 unspecified atom stereocenters. The fourth-order valence-corrected chi connectivity index (χ4v) is 6.23. The molecule has 5 rings (SSSR count). The lowest BCUT2D eigenvalue weighted by Gasteiger charge is -2.44. The molecule has 16 nitrogen and oxygen atoms in total. The van der Waals surface area contributed by atoms with Gasteiger partial charge < -0.3 is 38.5 Å². The highest BCUT2D eigenvalue weighted by Crippen LogP contribution is 2.44. The minimum atomic E-state index is -1.57. The number of hydrogen-bond donors (Lipinski definition) is 1. The van der Waals surface area contributed by atoms with Crippen LogP contribution in [0.1, 0.15) is 51.2 Å². The topological polar surface area (TPSA) is 199 Å². The van der Waals surface area contributed by atoms with Crippen molar-refractivity contribution in [2.75, 3.05) is 19.9 Å². The van der Waals surface area contributed by atoms with Gasteiger partial charge in [0.05, 0.1) is 6.42 Å². The van der Waals surface area contributed by atoms with Gasteiger partial charge in [0.1, 0.15) is 25.4 Å². The summed E-state index contributed by atoms with van der Waals surface area (Å²) in [6, 6.07) is 14.1. The average molecular weight is 697 g/mol. The summed E-state index contributed by atoms with van der Waals surface area (Å²) in [6.07, 6.45) is -8.90. The second-order valence-electron chi connectivity index (χ2n) is 11.8. The Bertz CT molecular complexity index is 1630. The zero-order valence-electron chi connectivity index (χ0n) is 27.7. The lowest BCUT2D eigenvalue weighted by atomic mass is 9.97. The zero-order chi connectivity index (χ0) is 36.1. The molecule has 2 heterocycles. The summed E-state index contributed by atoms with van der Waals surface area (Å²) >= 11 is 0. The number of amides is 2. The first-order chi connectivity index (χ1) is 23.8. The van der Waals surface area contributed by atoms with E-state index in [1.165, 1.54) is 0 Å². The highest BCUT2D eigenvalue weighted by molar-refractivity contribution is 5.90. The van der Waals surface area contributed by atoms with Gasteiger partial charge >= 0.3 is 35.9 Å².